The number of ether oxygens (including phenoxy) is 2. The minimum Gasteiger partial charge on any atom is -0.497 e. The average Bonchev–Trinajstić information content (AvgIpc) is 3.00. The van der Waals surface area contributed by atoms with Gasteiger partial charge >= 0.3 is 0 Å². The monoisotopic (exact) mass is 377 g/mol. The lowest BCUT2D eigenvalue weighted by molar-refractivity contribution is -0.111. The van der Waals surface area contributed by atoms with Crippen molar-refractivity contribution in [3.05, 3.63) is 71.6 Å². The molecule has 1 heterocycles. The number of hydrogen-bond acceptors (Lipinski definition) is 4. The smallest absolute Gasteiger partial charge is 0.248 e. The van der Waals surface area contributed by atoms with Gasteiger partial charge in [-0.25, -0.2) is 4.68 Å². The van der Waals surface area contributed by atoms with Crippen LogP contribution in [0.1, 0.15) is 17.0 Å². The van der Waals surface area contributed by atoms with Crippen molar-refractivity contribution in [1.82, 2.24) is 9.78 Å². The summed E-state index contributed by atoms with van der Waals surface area (Å²) in [4.78, 5) is 12.4. The second kappa shape index (κ2) is 8.43. The zero-order valence-corrected chi connectivity index (χ0v) is 16.4. The normalized spacial score (nSPS) is 10.9. The number of anilines is 1. The molecule has 2 aromatic carbocycles. The minimum absolute atomic E-state index is 0.249. The van der Waals surface area contributed by atoms with Crippen LogP contribution in [0.4, 0.5) is 5.69 Å². The molecule has 0 saturated heterocycles. The van der Waals surface area contributed by atoms with E-state index in [2.05, 4.69) is 10.4 Å². The third-order valence-electron chi connectivity index (χ3n) is 4.37. The molecule has 3 rings (SSSR count). The van der Waals surface area contributed by atoms with E-state index in [9.17, 15) is 4.79 Å². The molecular formula is C22H23N3O3. The molecule has 0 saturated carbocycles. The first-order valence-corrected chi connectivity index (χ1v) is 8.85. The first kappa shape index (κ1) is 19.2. The highest BCUT2D eigenvalue weighted by Gasteiger charge is 2.11. The summed E-state index contributed by atoms with van der Waals surface area (Å²) < 4.78 is 12.3. The minimum atomic E-state index is -0.249. The van der Waals surface area contributed by atoms with E-state index in [0.29, 0.717) is 17.2 Å². The fraction of sp³-hybridized carbons (Fsp3) is 0.182. The number of nitrogens with one attached hydrogen (secondary N) is 1. The largest absolute Gasteiger partial charge is 0.497 e. The summed E-state index contributed by atoms with van der Waals surface area (Å²) >= 11 is 0. The van der Waals surface area contributed by atoms with E-state index in [-0.39, 0.29) is 5.91 Å². The molecule has 0 aliphatic heterocycles. The molecule has 1 N–H and O–H groups in total. The molecule has 1 aromatic heterocycles. The van der Waals surface area contributed by atoms with Gasteiger partial charge in [-0.1, -0.05) is 18.2 Å². The number of para-hydroxylation sites is 1. The number of methoxy groups -OCH3 is 2. The van der Waals surface area contributed by atoms with Crippen LogP contribution in [0.2, 0.25) is 0 Å². The summed E-state index contributed by atoms with van der Waals surface area (Å²) in [6.07, 6.45) is 3.28. The molecule has 0 fully saturated rings. The lowest BCUT2D eigenvalue weighted by Crippen LogP contribution is -2.08. The van der Waals surface area contributed by atoms with Crippen LogP contribution in [-0.2, 0) is 4.79 Å². The predicted molar refractivity (Wildman–Crippen MR) is 110 cm³/mol. The SMILES string of the molecule is COc1cc(NC(=O)C=Cc2c(C)nn(-c3ccccc3)c2C)cc(OC)c1. The van der Waals surface area contributed by atoms with Gasteiger partial charge in [0.05, 0.1) is 25.6 Å². The maximum Gasteiger partial charge on any atom is 0.248 e. The molecule has 0 bridgehead atoms. The van der Waals surface area contributed by atoms with Gasteiger partial charge in [0.15, 0.2) is 0 Å². The van der Waals surface area contributed by atoms with Gasteiger partial charge < -0.3 is 14.8 Å². The summed E-state index contributed by atoms with van der Waals surface area (Å²) in [7, 11) is 3.13. The molecule has 144 valence electrons. The van der Waals surface area contributed by atoms with E-state index >= 15 is 0 Å². The van der Waals surface area contributed by atoms with E-state index in [0.717, 1.165) is 22.6 Å². The van der Waals surface area contributed by atoms with Crippen molar-refractivity contribution in [2.45, 2.75) is 13.8 Å². The van der Waals surface area contributed by atoms with Crippen molar-refractivity contribution in [2.24, 2.45) is 0 Å². The van der Waals surface area contributed by atoms with Crippen LogP contribution in [0.25, 0.3) is 11.8 Å². The molecule has 0 aliphatic rings. The van der Waals surface area contributed by atoms with Gasteiger partial charge in [0.1, 0.15) is 11.5 Å². The molecule has 28 heavy (non-hydrogen) atoms. The van der Waals surface area contributed by atoms with Crippen molar-refractivity contribution in [1.29, 1.82) is 0 Å². The Kier molecular flexibility index (Phi) is 5.79. The number of amides is 1. The van der Waals surface area contributed by atoms with Crippen LogP contribution >= 0.6 is 0 Å². The van der Waals surface area contributed by atoms with Crippen LogP contribution in [0, 0.1) is 13.8 Å². The van der Waals surface area contributed by atoms with Gasteiger partial charge in [-0.2, -0.15) is 5.10 Å². The zero-order valence-electron chi connectivity index (χ0n) is 16.4. The molecule has 0 unspecified atom stereocenters. The fourth-order valence-corrected chi connectivity index (χ4v) is 2.94. The molecule has 0 atom stereocenters. The Bertz CT molecular complexity index is 985. The highest BCUT2D eigenvalue weighted by atomic mass is 16.5. The Labute approximate surface area is 164 Å². The topological polar surface area (TPSA) is 65.4 Å². The van der Waals surface area contributed by atoms with Gasteiger partial charge in [-0.15, -0.1) is 0 Å². The highest BCUT2D eigenvalue weighted by molar-refractivity contribution is 6.02. The van der Waals surface area contributed by atoms with Crippen molar-refractivity contribution < 1.29 is 14.3 Å². The van der Waals surface area contributed by atoms with E-state index in [1.54, 1.807) is 38.5 Å². The fourth-order valence-electron chi connectivity index (χ4n) is 2.94. The molecule has 6 nitrogen and oxygen atoms in total. The molecule has 3 aromatic rings. The van der Waals surface area contributed by atoms with E-state index in [4.69, 9.17) is 9.47 Å². The van der Waals surface area contributed by atoms with Gasteiger partial charge in [-0.3, -0.25) is 4.79 Å². The molecule has 0 spiro atoms. The first-order chi connectivity index (χ1) is 13.5. The summed E-state index contributed by atoms with van der Waals surface area (Å²) in [5.74, 6) is 0.963. The quantitative estimate of drug-likeness (QED) is 0.655. The lowest BCUT2D eigenvalue weighted by Gasteiger charge is -2.08. The molecule has 1 amide bonds. The Morgan fingerprint density at radius 3 is 2.29 bits per heavy atom. The summed E-state index contributed by atoms with van der Waals surface area (Å²) in [6.45, 7) is 3.91. The van der Waals surface area contributed by atoms with Crippen LogP contribution in [0.5, 0.6) is 11.5 Å². The highest BCUT2D eigenvalue weighted by Crippen LogP contribution is 2.26. The molecule has 0 radical (unpaired) electrons. The number of nitrogens with zero attached hydrogens (tertiary/aromatic N) is 2. The number of benzene rings is 2. The Morgan fingerprint density at radius 2 is 1.68 bits per heavy atom. The number of hydrogen-bond donors (Lipinski definition) is 1. The Hall–Kier alpha value is -3.54. The van der Waals surface area contributed by atoms with Crippen molar-refractivity contribution in [3.8, 4) is 17.2 Å². The summed E-state index contributed by atoms with van der Waals surface area (Å²) in [5.41, 5.74) is 4.32. The van der Waals surface area contributed by atoms with E-state index < -0.39 is 0 Å². The van der Waals surface area contributed by atoms with Crippen molar-refractivity contribution >= 4 is 17.7 Å². The van der Waals surface area contributed by atoms with Gasteiger partial charge in [0.25, 0.3) is 0 Å². The van der Waals surface area contributed by atoms with E-state index in [1.165, 1.54) is 6.08 Å². The summed E-state index contributed by atoms with van der Waals surface area (Å²) in [5, 5.41) is 7.41. The Morgan fingerprint density at radius 1 is 1.04 bits per heavy atom. The van der Waals surface area contributed by atoms with Crippen molar-refractivity contribution in [3.63, 3.8) is 0 Å². The average molecular weight is 377 g/mol. The maximum atomic E-state index is 12.4. The number of carbonyl (C=O) groups is 1. The van der Waals surface area contributed by atoms with E-state index in [1.807, 2.05) is 48.9 Å². The van der Waals surface area contributed by atoms with Crippen LogP contribution in [-0.4, -0.2) is 29.9 Å². The lowest BCUT2D eigenvalue weighted by atomic mass is 10.2. The standard InChI is InChI=1S/C22H23N3O3/c1-15-21(16(2)25(24-15)18-8-6-5-7-9-18)10-11-22(26)23-17-12-19(27-3)14-20(13-17)28-4/h5-14H,1-4H3,(H,23,26). The van der Waals surface area contributed by atoms with Gasteiger partial charge in [-0.05, 0) is 32.1 Å². The second-order valence-corrected chi connectivity index (χ2v) is 6.26. The first-order valence-electron chi connectivity index (χ1n) is 8.85. The predicted octanol–water partition coefficient (Wildman–Crippen LogP) is 4.16. The number of aromatic nitrogens is 2. The van der Waals surface area contributed by atoms with Gasteiger partial charge in [0, 0.05) is 41.2 Å². The van der Waals surface area contributed by atoms with Gasteiger partial charge in [0.2, 0.25) is 5.91 Å². The number of rotatable bonds is 6. The summed E-state index contributed by atoms with van der Waals surface area (Å²) in [6, 6.07) is 15.1. The third-order valence-corrected chi connectivity index (χ3v) is 4.37. The Balaban J connectivity index is 1.79. The molecule has 0 aliphatic carbocycles. The van der Waals surface area contributed by atoms with Crippen LogP contribution in [0.15, 0.2) is 54.6 Å². The zero-order chi connectivity index (χ0) is 20.1. The number of aryl methyl sites for hydroxylation is 1. The van der Waals surface area contributed by atoms with Crippen LogP contribution in [0.3, 0.4) is 0 Å². The number of carbonyl (C=O) groups excluding carboxylic acids is 1. The second-order valence-electron chi connectivity index (χ2n) is 6.26. The van der Waals surface area contributed by atoms with Crippen LogP contribution < -0.4 is 14.8 Å². The van der Waals surface area contributed by atoms with Crippen molar-refractivity contribution in [2.75, 3.05) is 19.5 Å². The molecule has 6 heteroatoms. The maximum absolute atomic E-state index is 12.4. The third kappa shape index (κ3) is 4.23. The molecular weight excluding hydrogens is 354 g/mol.